The van der Waals surface area contributed by atoms with Crippen LogP contribution < -0.4 is 5.32 Å². The van der Waals surface area contributed by atoms with Crippen molar-refractivity contribution in [3.63, 3.8) is 0 Å². The minimum absolute atomic E-state index is 0.0458. The number of aromatic nitrogens is 2. The van der Waals surface area contributed by atoms with Gasteiger partial charge in [0.2, 0.25) is 0 Å². The molecule has 3 aromatic rings. The van der Waals surface area contributed by atoms with E-state index in [1.807, 2.05) is 50.2 Å². The molecule has 168 valence electrons. The maximum Gasteiger partial charge on any atom is 0.271 e. The summed E-state index contributed by atoms with van der Waals surface area (Å²) >= 11 is 5.92. The van der Waals surface area contributed by atoms with E-state index in [0.717, 1.165) is 22.4 Å². The number of amides is 1. The number of aryl methyl sites for hydroxylation is 2. The molecule has 1 aliphatic heterocycles. The van der Waals surface area contributed by atoms with Crippen LogP contribution in [0.4, 0.5) is 0 Å². The predicted molar refractivity (Wildman–Crippen MR) is 127 cm³/mol. The number of benzene rings is 2. The van der Waals surface area contributed by atoms with Crippen LogP contribution in [0.25, 0.3) is 11.3 Å². The molecule has 2 aromatic carbocycles. The van der Waals surface area contributed by atoms with Gasteiger partial charge in [-0.1, -0.05) is 35.9 Å². The van der Waals surface area contributed by atoms with Crippen molar-refractivity contribution in [2.45, 2.75) is 32.7 Å². The second kappa shape index (κ2) is 9.08. The Kier molecular flexibility index (Phi) is 6.40. The molecule has 6 nitrogen and oxygen atoms in total. The highest BCUT2D eigenvalue weighted by atomic mass is 35.5. The van der Waals surface area contributed by atoms with E-state index >= 15 is 0 Å². The van der Waals surface area contributed by atoms with E-state index in [2.05, 4.69) is 16.5 Å². The van der Waals surface area contributed by atoms with Crippen molar-refractivity contribution in [1.29, 1.82) is 0 Å². The van der Waals surface area contributed by atoms with Crippen LogP contribution in [0.2, 0.25) is 5.02 Å². The standard InChI is InChI=1S/C24H26ClN3O3S/c1-16-3-6-19(13-17(16)2)23-14-22(27-28(23)21-10-12-32(30,31)15-21)24(29)26-11-9-18-4-7-20(25)8-5-18/h3-8,13-14,21H,9-12,15H2,1-2H3,(H,26,29)/t21-/m1/s1. The number of hydrogen-bond donors (Lipinski definition) is 1. The van der Waals surface area contributed by atoms with Crippen LogP contribution in [0.1, 0.15) is 39.6 Å². The molecule has 1 aromatic heterocycles. The van der Waals surface area contributed by atoms with Crippen LogP contribution >= 0.6 is 11.6 Å². The molecule has 1 atom stereocenters. The van der Waals surface area contributed by atoms with E-state index in [4.69, 9.17) is 11.6 Å². The third-order valence-corrected chi connectivity index (χ3v) is 7.94. The van der Waals surface area contributed by atoms with Crippen molar-refractivity contribution in [2.75, 3.05) is 18.1 Å². The van der Waals surface area contributed by atoms with Crippen LogP contribution in [-0.4, -0.2) is 42.2 Å². The number of sulfone groups is 1. The lowest BCUT2D eigenvalue weighted by Crippen LogP contribution is -2.26. The van der Waals surface area contributed by atoms with E-state index in [1.54, 1.807) is 10.7 Å². The van der Waals surface area contributed by atoms with Crippen molar-refractivity contribution < 1.29 is 13.2 Å². The molecule has 4 rings (SSSR count). The van der Waals surface area contributed by atoms with Crippen molar-refractivity contribution in [2.24, 2.45) is 0 Å². The third-order valence-electron chi connectivity index (χ3n) is 5.94. The predicted octanol–water partition coefficient (Wildman–Crippen LogP) is 4.15. The summed E-state index contributed by atoms with van der Waals surface area (Å²) in [5, 5.41) is 8.14. The fourth-order valence-corrected chi connectivity index (χ4v) is 5.75. The number of carbonyl (C=O) groups is 1. The molecule has 0 aliphatic carbocycles. The maximum atomic E-state index is 12.8. The van der Waals surface area contributed by atoms with Gasteiger partial charge >= 0.3 is 0 Å². The molecule has 1 fully saturated rings. The summed E-state index contributed by atoms with van der Waals surface area (Å²) in [7, 11) is -3.09. The molecule has 0 spiro atoms. The normalized spacial score (nSPS) is 17.4. The fourth-order valence-electron chi connectivity index (χ4n) is 3.93. The first-order valence-corrected chi connectivity index (χ1v) is 12.8. The lowest BCUT2D eigenvalue weighted by atomic mass is 10.0. The first-order valence-electron chi connectivity index (χ1n) is 10.6. The molecule has 32 heavy (non-hydrogen) atoms. The summed E-state index contributed by atoms with van der Waals surface area (Å²) in [5.41, 5.74) is 5.35. The van der Waals surface area contributed by atoms with Gasteiger partial charge < -0.3 is 5.32 Å². The number of rotatable bonds is 6. The Morgan fingerprint density at radius 2 is 1.88 bits per heavy atom. The van der Waals surface area contributed by atoms with Gasteiger partial charge in [-0.2, -0.15) is 5.10 Å². The van der Waals surface area contributed by atoms with Crippen LogP contribution in [0.15, 0.2) is 48.5 Å². The Morgan fingerprint density at radius 1 is 1.12 bits per heavy atom. The summed E-state index contributed by atoms with van der Waals surface area (Å²) in [5.74, 6) is -0.0833. The number of nitrogens with one attached hydrogen (secondary N) is 1. The van der Waals surface area contributed by atoms with Crippen molar-refractivity contribution in [3.8, 4) is 11.3 Å². The van der Waals surface area contributed by atoms with Gasteiger partial charge in [0.05, 0.1) is 23.2 Å². The van der Waals surface area contributed by atoms with Crippen LogP contribution in [0.3, 0.4) is 0 Å². The zero-order valence-electron chi connectivity index (χ0n) is 18.1. The van der Waals surface area contributed by atoms with Crippen LogP contribution in [0.5, 0.6) is 0 Å². The highest BCUT2D eigenvalue weighted by Crippen LogP contribution is 2.31. The van der Waals surface area contributed by atoms with Gasteiger partial charge in [0.25, 0.3) is 5.91 Å². The van der Waals surface area contributed by atoms with Crippen LogP contribution in [0, 0.1) is 13.8 Å². The van der Waals surface area contributed by atoms with Crippen molar-refractivity contribution in [3.05, 3.63) is 75.9 Å². The van der Waals surface area contributed by atoms with Gasteiger partial charge in [-0.05, 0) is 67.6 Å². The minimum atomic E-state index is -3.09. The largest absolute Gasteiger partial charge is 0.350 e. The summed E-state index contributed by atoms with van der Waals surface area (Å²) in [6, 6.07) is 15.1. The van der Waals surface area contributed by atoms with Gasteiger partial charge in [-0.25, -0.2) is 8.42 Å². The van der Waals surface area contributed by atoms with Crippen molar-refractivity contribution in [1.82, 2.24) is 15.1 Å². The molecule has 1 aliphatic rings. The third kappa shape index (κ3) is 5.05. The molecule has 0 radical (unpaired) electrons. The number of hydrogen-bond acceptors (Lipinski definition) is 4. The summed E-state index contributed by atoms with van der Waals surface area (Å²) in [6.07, 6.45) is 1.17. The van der Waals surface area contributed by atoms with E-state index in [1.165, 1.54) is 5.56 Å². The van der Waals surface area contributed by atoms with E-state index in [9.17, 15) is 13.2 Å². The molecule has 8 heteroatoms. The molecule has 2 heterocycles. The van der Waals surface area contributed by atoms with Gasteiger partial charge in [-0.3, -0.25) is 9.48 Å². The summed E-state index contributed by atoms with van der Waals surface area (Å²) in [6.45, 7) is 4.54. The Labute approximate surface area is 193 Å². The van der Waals surface area contributed by atoms with E-state index in [-0.39, 0.29) is 23.5 Å². The van der Waals surface area contributed by atoms with Gasteiger partial charge in [-0.15, -0.1) is 0 Å². The molecular weight excluding hydrogens is 446 g/mol. The first-order chi connectivity index (χ1) is 15.2. The number of nitrogens with zero attached hydrogens (tertiary/aromatic N) is 2. The Balaban J connectivity index is 1.57. The molecule has 0 unspecified atom stereocenters. The molecule has 1 saturated heterocycles. The zero-order valence-corrected chi connectivity index (χ0v) is 19.7. The average molecular weight is 472 g/mol. The average Bonchev–Trinajstić information content (AvgIpc) is 3.35. The number of carbonyl (C=O) groups excluding carboxylic acids is 1. The first kappa shape index (κ1) is 22.6. The van der Waals surface area contributed by atoms with Gasteiger partial charge in [0.1, 0.15) is 0 Å². The smallest absolute Gasteiger partial charge is 0.271 e. The number of halogens is 1. The Hall–Kier alpha value is -2.64. The SMILES string of the molecule is Cc1ccc(-c2cc(C(=O)NCCc3ccc(Cl)cc3)nn2[C@@H]2CCS(=O)(=O)C2)cc1C. The van der Waals surface area contributed by atoms with Crippen LogP contribution in [-0.2, 0) is 16.3 Å². The van der Waals surface area contributed by atoms with E-state index in [0.29, 0.717) is 30.1 Å². The van der Waals surface area contributed by atoms with Gasteiger partial charge in [0.15, 0.2) is 15.5 Å². The van der Waals surface area contributed by atoms with Crippen molar-refractivity contribution >= 4 is 27.3 Å². The van der Waals surface area contributed by atoms with E-state index < -0.39 is 9.84 Å². The minimum Gasteiger partial charge on any atom is -0.350 e. The molecule has 1 amide bonds. The fraction of sp³-hybridized carbons (Fsp3) is 0.333. The molecule has 0 saturated carbocycles. The second-order valence-electron chi connectivity index (χ2n) is 8.35. The second-order valence-corrected chi connectivity index (χ2v) is 11.0. The summed E-state index contributed by atoms with van der Waals surface area (Å²) in [4.78, 5) is 12.8. The highest BCUT2D eigenvalue weighted by Gasteiger charge is 2.32. The lowest BCUT2D eigenvalue weighted by Gasteiger charge is -2.14. The zero-order chi connectivity index (χ0) is 22.9. The Morgan fingerprint density at radius 3 is 2.53 bits per heavy atom. The summed E-state index contributed by atoms with van der Waals surface area (Å²) < 4.78 is 25.9. The quantitative estimate of drug-likeness (QED) is 0.585. The lowest BCUT2D eigenvalue weighted by molar-refractivity contribution is 0.0948. The van der Waals surface area contributed by atoms with Gasteiger partial charge in [0, 0.05) is 17.1 Å². The molecular formula is C24H26ClN3O3S. The maximum absolute atomic E-state index is 12.8. The molecule has 1 N–H and O–H groups in total. The molecule has 0 bridgehead atoms. The topological polar surface area (TPSA) is 81.1 Å². The highest BCUT2D eigenvalue weighted by molar-refractivity contribution is 7.91. The Bertz CT molecular complexity index is 1250. The monoisotopic (exact) mass is 471 g/mol.